The summed E-state index contributed by atoms with van der Waals surface area (Å²) >= 11 is 0. The van der Waals surface area contributed by atoms with Gasteiger partial charge in [0.25, 0.3) is 0 Å². The lowest BCUT2D eigenvalue weighted by Crippen LogP contribution is -1.92. The number of benzene rings is 1. The second-order valence-electron chi connectivity index (χ2n) is 3.05. The highest BCUT2D eigenvalue weighted by molar-refractivity contribution is 5.77. The van der Waals surface area contributed by atoms with E-state index < -0.39 is 0 Å². The molecule has 0 aliphatic rings. The van der Waals surface area contributed by atoms with E-state index in [1.807, 2.05) is 31.2 Å². The predicted octanol–water partition coefficient (Wildman–Crippen LogP) is 2.84. The first kappa shape index (κ1) is 7.92. The molecule has 0 atom stereocenters. The molecule has 0 amide bonds. The van der Waals surface area contributed by atoms with Gasteiger partial charge in [0.1, 0.15) is 0 Å². The number of nitrogens with two attached hydrogens (primary N) is 1. The Morgan fingerprint density at radius 1 is 1.23 bits per heavy atom. The van der Waals surface area contributed by atoms with Crippen molar-refractivity contribution >= 4 is 5.69 Å². The summed E-state index contributed by atoms with van der Waals surface area (Å²) in [5.41, 5.74) is 9.92. The van der Waals surface area contributed by atoms with Crippen LogP contribution in [0.2, 0.25) is 0 Å². The van der Waals surface area contributed by atoms with Crippen LogP contribution in [0.15, 0.2) is 41.2 Å². The fourth-order valence-corrected chi connectivity index (χ4v) is 1.35. The fraction of sp³-hybridized carbons (Fsp3) is 0.0909. The molecule has 2 aromatic rings. The molecule has 0 fully saturated rings. The van der Waals surface area contributed by atoms with Crippen LogP contribution in [0.5, 0.6) is 0 Å². The maximum atomic E-state index is 5.93. The molecule has 2 rings (SSSR count). The molecule has 2 heteroatoms. The first-order valence-electron chi connectivity index (χ1n) is 4.16. The van der Waals surface area contributed by atoms with E-state index in [2.05, 4.69) is 0 Å². The minimum Gasteiger partial charge on any atom is -0.472 e. The van der Waals surface area contributed by atoms with Crippen LogP contribution in [-0.4, -0.2) is 0 Å². The number of furan rings is 1. The van der Waals surface area contributed by atoms with Crippen LogP contribution in [0.4, 0.5) is 5.69 Å². The van der Waals surface area contributed by atoms with Gasteiger partial charge < -0.3 is 10.2 Å². The van der Waals surface area contributed by atoms with Gasteiger partial charge in [-0.1, -0.05) is 18.2 Å². The first-order valence-corrected chi connectivity index (χ1v) is 4.16. The van der Waals surface area contributed by atoms with Crippen LogP contribution < -0.4 is 5.73 Å². The average Bonchev–Trinajstić information content (AvgIpc) is 2.62. The molecular weight excluding hydrogens is 162 g/mol. The molecule has 2 nitrogen and oxygen atoms in total. The lowest BCUT2D eigenvalue weighted by molar-refractivity contribution is 0.568. The molecule has 1 aromatic heterocycles. The van der Waals surface area contributed by atoms with E-state index in [4.69, 9.17) is 10.2 Å². The van der Waals surface area contributed by atoms with E-state index in [1.54, 1.807) is 12.5 Å². The molecule has 0 unspecified atom stereocenters. The topological polar surface area (TPSA) is 39.2 Å². The maximum absolute atomic E-state index is 5.93. The normalized spacial score (nSPS) is 10.2. The van der Waals surface area contributed by atoms with E-state index in [0.29, 0.717) is 0 Å². The summed E-state index contributed by atoms with van der Waals surface area (Å²) in [6.07, 6.45) is 3.35. The lowest BCUT2D eigenvalue weighted by Gasteiger charge is -2.05. The summed E-state index contributed by atoms with van der Waals surface area (Å²) in [7, 11) is 0. The van der Waals surface area contributed by atoms with Crippen molar-refractivity contribution in [1.82, 2.24) is 0 Å². The lowest BCUT2D eigenvalue weighted by atomic mass is 10.0. The summed E-state index contributed by atoms with van der Waals surface area (Å²) in [4.78, 5) is 0. The molecular formula is C11H11NO. The number of hydrogen-bond acceptors (Lipinski definition) is 2. The number of nitrogen functional groups attached to an aromatic ring is 1. The Bertz CT molecular complexity index is 404. The van der Waals surface area contributed by atoms with Crippen molar-refractivity contribution in [3.05, 3.63) is 42.4 Å². The molecule has 0 spiro atoms. The Labute approximate surface area is 77.0 Å². The minimum absolute atomic E-state index is 0.823. The Balaban J connectivity index is 2.59. The van der Waals surface area contributed by atoms with Crippen LogP contribution in [0.25, 0.3) is 11.1 Å². The van der Waals surface area contributed by atoms with Crippen molar-refractivity contribution in [2.24, 2.45) is 0 Å². The Kier molecular flexibility index (Phi) is 1.81. The Morgan fingerprint density at radius 3 is 2.77 bits per heavy atom. The third-order valence-corrected chi connectivity index (χ3v) is 2.16. The third kappa shape index (κ3) is 1.31. The maximum Gasteiger partial charge on any atom is 0.0981 e. The largest absolute Gasteiger partial charge is 0.472 e. The van der Waals surface area contributed by atoms with Gasteiger partial charge in [-0.05, 0) is 18.6 Å². The highest BCUT2D eigenvalue weighted by Gasteiger charge is 2.04. The first-order chi connectivity index (χ1) is 6.29. The van der Waals surface area contributed by atoms with Crippen molar-refractivity contribution in [2.75, 3.05) is 5.73 Å². The van der Waals surface area contributed by atoms with E-state index in [9.17, 15) is 0 Å². The highest BCUT2D eigenvalue weighted by atomic mass is 16.3. The van der Waals surface area contributed by atoms with Gasteiger partial charge in [0.15, 0.2) is 0 Å². The molecule has 0 saturated heterocycles. The molecule has 1 heterocycles. The molecule has 0 bridgehead atoms. The van der Waals surface area contributed by atoms with Gasteiger partial charge >= 0.3 is 0 Å². The van der Waals surface area contributed by atoms with Gasteiger partial charge in [-0.2, -0.15) is 0 Å². The zero-order valence-electron chi connectivity index (χ0n) is 7.45. The van der Waals surface area contributed by atoms with Crippen LogP contribution in [0, 0.1) is 6.92 Å². The monoisotopic (exact) mass is 173 g/mol. The average molecular weight is 173 g/mol. The second-order valence-corrected chi connectivity index (χ2v) is 3.05. The second kappa shape index (κ2) is 2.98. The highest BCUT2D eigenvalue weighted by Crippen LogP contribution is 2.28. The van der Waals surface area contributed by atoms with E-state index >= 15 is 0 Å². The minimum atomic E-state index is 0.823. The van der Waals surface area contributed by atoms with Crippen LogP contribution in [0.1, 0.15) is 5.56 Å². The van der Waals surface area contributed by atoms with Gasteiger partial charge in [0.05, 0.1) is 12.5 Å². The molecule has 13 heavy (non-hydrogen) atoms. The van der Waals surface area contributed by atoms with E-state index in [1.165, 1.54) is 0 Å². The standard InChI is InChI=1S/C11H11NO/c1-8-3-2-4-10(11(8)12)9-5-6-13-7-9/h2-7H,12H2,1H3. The quantitative estimate of drug-likeness (QED) is 0.673. The van der Waals surface area contributed by atoms with Crippen LogP contribution in [-0.2, 0) is 0 Å². The molecule has 0 aliphatic heterocycles. The Morgan fingerprint density at radius 2 is 2.08 bits per heavy atom. The summed E-state index contributed by atoms with van der Waals surface area (Å²) in [5, 5.41) is 0. The molecule has 0 radical (unpaired) electrons. The molecule has 0 saturated carbocycles. The van der Waals surface area contributed by atoms with Crippen LogP contribution >= 0.6 is 0 Å². The zero-order chi connectivity index (χ0) is 9.26. The van der Waals surface area contributed by atoms with Gasteiger partial charge in [-0.25, -0.2) is 0 Å². The number of para-hydroxylation sites is 1. The summed E-state index contributed by atoms with van der Waals surface area (Å²) in [5.74, 6) is 0. The van der Waals surface area contributed by atoms with Crippen LogP contribution in [0.3, 0.4) is 0 Å². The van der Waals surface area contributed by atoms with Gasteiger partial charge in [0, 0.05) is 16.8 Å². The van der Waals surface area contributed by atoms with Gasteiger partial charge in [-0.15, -0.1) is 0 Å². The van der Waals surface area contributed by atoms with Gasteiger partial charge in [0.2, 0.25) is 0 Å². The fourth-order valence-electron chi connectivity index (χ4n) is 1.35. The zero-order valence-corrected chi connectivity index (χ0v) is 7.45. The van der Waals surface area contributed by atoms with Crippen molar-refractivity contribution < 1.29 is 4.42 Å². The smallest absolute Gasteiger partial charge is 0.0981 e. The van der Waals surface area contributed by atoms with E-state index in [-0.39, 0.29) is 0 Å². The van der Waals surface area contributed by atoms with Crippen molar-refractivity contribution in [2.45, 2.75) is 6.92 Å². The van der Waals surface area contributed by atoms with Gasteiger partial charge in [-0.3, -0.25) is 0 Å². The van der Waals surface area contributed by atoms with E-state index in [0.717, 1.165) is 22.4 Å². The summed E-state index contributed by atoms with van der Waals surface area (Å²) in [6.45, 7) is 2.00. The molecule has 1 aromatic carbocycles. The summed E-state index contributed by atoms with van der Waals surface area (Å²) in [6, 6.07) is 7.89. The van der Waals surface area contributed by atoms with Crippen molar-refractivity contribution in [3.63, 3.8) is 0 Å². The predicted molar refractivity (Wildman–Crippen MR) is 53.3 cm³/mol. The van der Waals surface area contributed by atoms with Crippen molar-refractivity contribution in [3.8, 4) is 11.1 Å². The number of anilines is 1. The Hall–Kier alpha value is -1.70. The molecule has 2 N–H and O–H groups in total. The number of rotatable bonds is 1. The number of hydrogen-bond donors (Lipinski definition) is 1. The molecule has 0 aliphatic carbocycles. The molecule has 66 valence electrons. The third-order valence-electron chi connectivity index (χ3n) is 2.16. The SMILES string of the molecule is Cc1cccc(-c2ccoc2)c1N. The summed E-state index contributed by atoms with van der Waals surface area (Å²) < 4.78 is 5.01. The van der Waals surface area contributed by atoms with Crippen molar-refractivity contribution in [1.29, 1.82) is 0 Å². The number of aryl methyl sites for hydroxylation is 1.